The summed E-state index contributed by atoms with van der Waals surface area (Å²) in [7, 11) is 2.76. The van der Waals surface area contributed by atoms with Crippen LogP contribution in [0.1, 0.15) is 38.1 Å². The summed E-state index contributed by atoms with van der Waals surface area (Å²) < 4.78 is 12.0. The summed E-state index contributed by atoms with van der Waals surface area (Å²) in [6.07, 6.45) is 1.69. The van der Waals surface area contributed by atoms with Crippen molar-refractivity contribution in [3.8, 4) is 11.5 Å². The van der Waals surface area contributed by atoms with Crippen molar-refractivity contribution in [2.24, 2.45) is 0 Å². The first-order valence-corrected chi connectivity index (χ1v) is 11.9. The number of nitrogens with one attached hydrogen (secondary N) is 2. The summed E-state index contributed by atoms with van der Waals surface area (Å²) in [6.45, 7) is 8.65. The normalized spacial score (nSPS) is 11.2. The van der Waals surface area contributed by atoms with E-state index < -0.39 is 10.8 Å². The van der Waals surface area contributed by atoms with E-state index in [9.17, 15) is 14.9 Å². The molecule has 0 aliphatic carbocycles. The van der Waals surface area contributed by atoms with E-state index in [1.54, 1.807) is 22.6 Å². The standard InChI is InChI=1S/C22H29N7O5S/c1-12(2)25-19-15-11-24-28(20(15)27-22(26-19)35-13(3)4)8-7-23-21(30)14-9-17(33-5)18(34-6)10-16(14)29(31)32/h9-13H,7-8H2,1-6H3,(H,23,30)(H,25,26,27). The van der Waals surface area contributed by atoms with Crippen LogP contribution in [0.25, 0.3) is 11.0 Å². The zero-order valence-corrected chi connectivity index (χ0v) is 21.3. The summed E-state index contributed by atoms with van der Waals surface area (Å²) >= 11 is 1.54. The molecule has 3 rings (SSSR count). The Morgan fingerprint density at radius 1 is 1.17 bits per heavy atom. The first-order chi connectivity index (χ1) is 16.6. The number of nitro benzene ring substituents is 1. The number of nitrogens with zero attached hydrogens (tertiary/aromatic N) is 5. The number of anilines is 1. The maximum absolute atomic E-state index is 12.8. The lowest BCUT2D eigenvalue weighted by molar-refractivity contribution is -0.385. The number of carbonyl (C=O) groups is 1. The minimum absolute atomic E-state index is 0.126. The second-order valence-electron chi connectivity index (χ2n) is 8.16. The Morgan fingerprint density at radius 2 is 1.86 bits per heavy atom. The highest BCUT2D eigenvalue weighted by Gasteiger charge is 2.24. The Balaban J connectivity index is 1.83. The first-order valence-electron chi connectivity index (χ1n) is 11.0. The van der Waals surface area contributed by atoms with E-state index in [1.165, 1.54) is 26.4 Å². The van der Waals surface area contributed by atoms with Crippen LogP contribution in [0.4, 0.5) is 11.5 Å². The van der Waals surface area contributed by atoms with Gasteiger partial charge in [0.05, 0.1) is 43.3 Å². The molecule has 2 aromatic heterocycles. The Morgan fingerprint density at radius 3 is 2.46 bits per heavy atom. The van der Waals surface area contributed by atoms with E-state index in [2.05, 4.69) is 39.5 Å². The Bertz CT molecular complexity index is 1230. The Hall–Kier alpha value is -3.61. The van der Waals surface area contributed by atoms with Crippen molar-refractivity contribution in [1.29, 1.82) is 0 Å². The molecule has 0 radical (unpaired) electrons. The number of carbonyl (C=O) groups excluding carboxylic acids is 1. The van der Waals surface area contributed by atoms with Gasteiger partial charge in [0.15, 0.2) is 22.3 Å². The van der Waals surface area contributed by atoms with Crippen LogP contribution in [0.15, 0.2) is 23.5 Å². The molecular weight excluding hydrogens is 474 g/mol. The van der Waals surface area contributed by atoms with Crippen LogP contribution in [-0.2, 0) is 6.54 Å². The molecule has 0 bridgehead atoms. The van der Waals surface area contributed by atoms with Gasteiger partial charge in [-0.1, -0.05) is 25.6 Å². The average molecular weight is 504 g/mol. The molecule has 0 aliphatic heterocycles. The highest BCUT2D eigenvalue weighted by molar-refractivity contribution is 7.99. The minimum atomic E-state index is -0.633. The molecular formula is C22H29N7O5S. The maximum atomic E-state index is 12.8. The molecule has 35 heavy (non-hydrogen) atoms. The van der Waals surface area contributed by atoms with Crippen LogP contribution in [0, 0.1) is 10.1 Å². The largest absolute Gasteiger partial charge is 0.493 e. The molecule has 0 spiro atoms. The molecule has 0 saturated carbocycles. The van der Waals surface area contributed by atoms with Gasteiger partial charge in [0.25, 0.3) is 11.6 Å². The molecule has 0 atom stereocenters. The van der Waals surface area contributed by atoms with E-state index in [0.29, 0.717) is 28.4 Å². The first kappa shape index (κ1) is 26.0. The van der Waals surface area contributed by atoms with Gasteiger partial charge >= 0.3 is 0 Å². The molecule has 0 aliphatic rings. The number of hydrogen-bond acceptors (Lipinski definition) is 10. The van der Waals surface area contributed by atoms with Crippen molar-refractivity contribution in [3.63, 3.8) is 0 Å². The fourth-order valence-corrected chi connectivity index (χ4v) is 4.02. The maximum Gasteiger partial charge on any atom is 0.286 e. The highest BCUT2D eigenvalue weighted by Crippen LogP contribution is 2.34. The van der Waals surface area contributed by atoms with Crippen molar-refractivity contribution in [2.75, 3.05) is 26.1 Å². The van der Waals surface area contributed by atoms with Gasteiger partial charge in [0.1, 0.15) is 11.4 Å². The number of aromatic nitrogens is 4. The number of nitro groups is 1. The topological polar surface area (TPSA) is 146 Å². The zero-order chi connectivity index (χ0) is 25.7. The number of hydrogen-bond donors (Lipinski definition) is 2. The fraction of sp³-hybridized carbons (Fsp3) is 0.455. The predicted molar refractivity (Wildman–Crippen MR) is 134 cm³/mol. The second kappa shape index (κ2) is 11.2. The lowest BCUT2D eigenvalue weighted by Gasteiger charge is -2.13. The summed E-state index contributed by atoms with van der Waals surface area (Å²) in [5.74, 6) is 0.476. The van der Waals surface area contributed by atoms with E-state index in [1.807, 2.05) is 13.8 Å². The second-order valence-corrected chi connectivity index (χ2v) is 9.71. The quantitative estimate of drug-likeness (QED) is 0.172. The average Bonchev–Trinajstić information content (AvgIpc) is 3.20. The van der Waals surface area contributed by atoms with Gasteiger partial charge in [-0.15, -0.1) is 0 Å². The summed E-state index contributed by atoms with van der Waals surface area (Å²) in [6, 6.07) is 2.63. The molecule has 2 N–H and O–H groups in total. The van der Waals surface area contributed by atoms with Crippen molar-refractivity contribution >= 4 is 40.2 Å². The number of ether oxygens (including phenoxy) is 2. The molecule has 0 fully saturated rings. The SMILES string of the molecule is COc1cc(C(=O)NCCn2ncc3c(NC(C)C)nc(SC(C)C)nc32)c([N+](=O)[O-])cc1OC. The summed E-state index contributed by atoms with van der Waals surface area (Å²) in [4.78, 5) is 33.0. The van der Waals surface area contributed by atoms with Crippen LogP contribution in [0.2, 0.25) is 0 Å². The molecule has 1 amide bonds. The zero-order valence-electron chi connectivity index (χ0n) is 20.5. The van der Waals surface area contributed by atoms with Gasteiger partial charge in [-0.3, -0.25) is 14.9 Å². The molecule has 12 nitrogen and oxygen atoms in total. The monoisotopic (exact) mass is 503 g/mol. The van der Waals surface area contributed by atoms with E-state index in [-0.39, 0.29) is 35.3 Å². The number of amides is 1. The molecule has 188 valence electrons. The molecule has 1 aromatic carbocycles. The third-order valence-electron chi connectivity index (χ3n) is 4.79. The third-order valence-corrected chi connectivity index (χ3v) is 5.66. The van der Waals surface area contributed by atoms with Crippen molar-refractivity contribution in [2.45, 2.75) is 50.7 Å². The molecule has 0 saturated heterocycles. The third kappa shape index (κ3) is 6.10. The predicted octanol–water partition coefficient (Wildman–Crippen LogP) is 3.50. The van der Waals surface area contributed by atoms with Gasteiger partial charge in [-0.25, -0.2) is 14.6 Å². The number of benzene rings is 1. The summed E-state index contributed by atoms with van der Waals surface area (Å²) in [5, 5.41) is 23.7. The van der Waals surface area contributed by atoms with Crippen LogP contribution in [-0.4, -0.2) is 62.6 Å². The van der Waals surface area contributed by atoms with E-state index in [4.69, 9.17) is 9.47 Å². The lowest BCUT2D eigenvalue weighted by atomic mass is 10.1. The van der Waals surface area contributed by atoms with Crippen molar-refractivity contribution in [1.82, 2.24) is 25.1 Å². The molecule has 13 heteroatoms. The van der Waals surface area contributed by atoms with Crippen molar-refractivity contribution < 1.29 is 19.2 Å². The Labute approximate surface area is 206 Å². The van der Waals surface area contributed by atoms with Gasteiger partial charge in [-0.05, 0) is 13.8 Å². The van der Waals surface area contributed by atoms with Crippen LogP contribution >= 0.6 is 11.8 Å². The number of fused-ring (bicyclic) bond motifs is 1. The number of methoxy groups -OCH3 is 2. The molecule has 2 heterocycles. The van der Waals surface area contributed by atoms with Gasteiger partial charge < -0.3 is 20.1 Å². The Kier molecular flexibility index (Phi) is 8.33. The van der Waals surface area contributed by atoms with E-state index >= 15 is 0 Å². The van der Waals surface area contributed by atoms with Crippen molar-refractivity contribution in [3.05, 3.63) is 34.0 Å². The van der Waals surface area contributed by atoms with Gasteiger partial charge in [0, 0.05) is 23.9 Å². The molecule has 3 aromatic rings. The lowest BCUT2D eigenvalue weighted by Crippen LogP contribution is -2.28. The van der Waals surface area contributed by atoms with Crippen LogP contribution in [0.3, 0.4) is 0 Å². The van der Waals surface area contributed by atoms with Gasteiger partial charge in [0.2, 0.25) is 0 Å². The number of thioether (sulfide) groups is 1. The smallest absolute Gasteiger partial charge is 0.286 e. The number of rotatable bonds is 11. The minimum Gasteiger partial charge on any atom is -0.493 e. The molecule has 0 unspecified atom stereocenters. The summed E-state index contributed by atoms with van der Waals surface area (Å²) in [5.41, 5.74) is 0.133. The van der Waals surface area contributed by atoms with Crippen LogP contribution in [0.5, 0.6) is 11.5 Å². The van der Waals surface area contributed by atoms with Gasteiger partial charge in [-0.2, -0.15) is 5.10 Å². The van der Waals surface area contributed by atoms with E-state index in [0.717, 1.165) is 5.39 Å². The fourth-order valence-electron chi connectivity index (χ4n) is 3.32. The highest BCUT2D eigenvalue weighted by atomic mass is 32.2. The van der Waals surface area contributed by atoms with Crippen LogP contribution < -0.4 is 20.1 Å².